The molecular weight excluding hydrogens is 234 g/mol. The van der Waals surface area contributed by atoms with E-state index in [1.165, 1.54) is 36.8 Å². The Morgan fingerprint density at radius 3 is 2.63 bits per heavy atom. The fraction of sp³-hybridized carbons (Fsp3) is 0.647. The van der Waals surface area contributed by atoms with Crippen molar-refractivity contribution in [3.05, 3.63) is 34.9 Å². The minimum atomic E-state index is -0.369. The molecule has 0 saturated heterocycles. The molecule has 1 aromatic rings. The predicted octanol–water partition coefficient (Wildman–Crippen LogP) is 3.46. The van der Waals surface area contributed by atoms with E-state index < -0.39 is 0 Å². The third kappa shape index (κ3) is 4.05. The minimum Gasteiger partial charge on any atom is -0.387 e. The highest BCUT2D eigenvalue weighted by molar-refractivity contribution is 5.32. The van der Waals surface area contributed by atoms with Gasteiger partial charge in [-0.25, -0.2) is 0 Å². The molecule has 19 heavy (non-hydrogen) atoms. The van der Waals surface area contributed by atoms with Crippen molar-refractivity contribution in [2.45, 2.75) is 45.6 Å². The van der Waals surface area contributed by atoms with Crippen molar-refractivity contribution in [1.29, 1.82) is 0 Å². The fourth-order valence-electron chi connectivity index (χ4n) is 3.22. The van der Waals surface area contributed by atoms with E-state index in [2.05, 4.69) is 44.0 Å². The van der Waals surface area contributed by atoms with Gasteiger partial charge in [0.1, 0.15) is 0 Å². The summed E-state index contributed by atoms with van der Waals surface area (Å²) in [6.07, 6.45) is 5.13. The molecule has 0 bridgehead atoms. The molecule has 1 aliphatic rings. The molecule has 0 aliphatic heterocycles. The summed E-state index contributed by atoms with van der Waals surface area (Å²) in [5, 5.41) is 10.4. The second-order valence-corrected chi connectivity index (χ2v) is 6.25. The average molecular weight is 261 g/mol. The van der Waals surface area contributed by atoms with Crippen molar-refractivity contribution in [3.63, 3.8) is 0 Å². The maximum Gasteiger partial charge on any atom is 0.0919 e. The zero-order chi connectivity index (χ0) is 13.8. The van der Waals surface area contributed by atoms with E-state index >= 15 is 0 Å². The van der Waals surface area contributed by atoms with E-state index in [0.717, 1.165) is 24.6 Å². The van der Waals surface area contributed by atoms with Crippen molar-refractivity contribution >= 4 is 0 Å². The Morgan fingerprint density at radius 1 is 1.26 bits per heavy atom. The summed E-state index contributed by atoms with van der Waals surface area (Å²) in [5.41, 5.74) is 3.49. The Hall–Kier alpha value is -0.860. The van der Waals surface area contributed by atoms with Crippen LogP contribution < -0.4 is 0 Å². The lowest BCUT2D eigenvalue weighted by Crippen LogP contribution is -2.29. The van der Waals surface area contributed by atoms with Crippen LogP contribution in [0, 0.1) is 19.8 Å². The third-order valence-corrected chi connectivity index (χ3v) is 4.32. The number of rotatable bonds is 5. The lowest BCUT2D eigenvalue weighted by molar-refractivity contribution is 0.118. The number of benzene rings is 1. The molecule has 0 heterocycles. The molecular formula is C17H27NO. The van der Waals surface area contributed by atoms with Gasteiger partial charge in [0.2, 0.25) is 0 Å². The Balaban J connectivity index is 1.91. The summed E-state index contributed by atoms with van der Waals surface area (Å²) in [5.74, 6) is 0.843. The van der Waals surface area contributed by atoms with Crippen LogP contribution in [0.4, 0.5) is 0 Å². The number of likely N-dealkylation sites (N-methyl/N-ethyl adjacent to an activating group) is 1. The van der Waals surface area contributed by atoms with Gasteiger partial charge < -0.3 is 10.0 Å². The topological polar surface area (TPSA) is 23.5 Å². The zero-order valence-corrected chi connectivity index (χ0v) is 12.5. The molecule has 1 aliphatic carbocycles. The number of nitrogens with zero attached hydrogens (tertiary/aromatic N) is 1. The molecule has 1 aromatic carbocycles. The van der Waals surface area contributed by atoms with Crippen LogP contribution >= 0.6 is 0 Å². The van der Waals surface area contributed by atoms with Gasteiger partial charge in [-0.2, -0.15) is 0 Å². The molecule has 1 N–H and O–H groups in total. The molecule has 0 spiro atoms. The Morgan fingerprint density at radius 2 is 1.95 bits per heavy atom. The van der Waals surface area contributed by atoms with Crippen LogP contribution in [0.2, 0.25) is 0 Å². The zero-order valence-electron chi connectivity index (χ0n) is 12.5. The summed E-state index contributed by atoms with van der Waals surface area (Å²) in [4.78, 5) is 2.29. The molecule has 2 heteroatoms. The van der Waals surface area contributed by atoms with Gasteiger partial charge in [0, 0.05) is 13.1 Å². The largest absolute Gasteiger partial charge is 0.387 e. The monoisotopic (exact) mass is 261 g/mol. The van der Waals surface area contributed by atoms with Crippen LogP contribution in [0.3, 0.4) is 0 Å². The van der Waals surface area contributed by atoms with Crippen LogP contribution in [0.15, 0.2) is 18.2 Å². The van der Waals surface area contributed by atoms with Gasteiger partial charge in [0.05, 0.1) is 6.10 Å². The Bertz CT molecular complexity index is 410. The van der Waals surface area contributed by atoms with Gasteiger partial charge in [-0.1, -0.05) is 36.6 Å². The highest BCUT2D eigenvalue weighted by atomic mass is 16.3. The number of hydrogen-bond donors (Lipinski definition) is 1. The standard InChI is InChI=1S/C17H27NO/c1-13-8-9-14(2)16(10-13)17(19)12-18(3)11-15-6-4-5-7-15/h8-10,15,17,19H,4-7,11-12H2,1-3H3. The van der Waals surface area contributed by atoms with Gasteiger partial charge in [-0.05, 0) is 50.8 Å². The van der Waals surface area contributed by atoms with Crippen LogP contribution in [0.25, 0.3) is 0 Å². The van der Waals surface area contributed by atoms with Crippen molar-refractivity contribution in [2.75, 3.05) is 20.1 Å². The average Bonchev–Trinajstić information content (AvgIpc) is 2.84. The first-order valence-electron chi connectivity index (χ1n) is 7.50. The lowest BCUT2D eigenvalue weighted by atomic mass is 10.00. The molecule has 0 amide bonds. The van der Waals surface area contributed by atoms with E-state index in [0.29, 0.717) is 0 Å². The molecule has 1 atom stereocenters. The summed E-state index contributed by atoms with van der Waals surface area (Å²) in [6, 6.07) is 6.32. The van der Waals surface area contributed by atoms with Gasteiger partial charge in [0.15, 0.2) is 0 Å². The van der Waals surface area contributed by atoms with Crippen molar-refractivity contribution in [3.8, 4) is 0 Å². The quantitative estimate of drug-likeness (QED) is 0.877. The van der Waals surface area contributed by atoms with Crippen LogP contribution in [-0.4, -0.2) is 30.1 Å². The molecule has 106 valence electrons. The van der Waals surface area contributed by atoms with E-state index in [4.69, 9.17) is 0 Å². The lowest BCUT2D eigenvalue weighted by Gasteiger charge is -2.24. The second kappa shape index (κ2) is 6.53. The molecule has 2 nitrogen and oxygen atoms in total. The van der Waals surface area contributed by atoms with E-state index in [1.807, 2.05) is 0 Å². The van der Waals surface area contributed by atoms with Gasteiger partial charge in [0.25, 0.3) is 0 Å². The molecule has 1 fully saturated rings. The smallest absolute Gasteiger partial charge is 0.0919 e. The normalized spacial score (nSPS) is 18.2. The molecule has 2 rings (SSSR count). The Kier molecular flexibility index (Phi) is 5.00. The number of aliphatic hydroxyl groups is 1. The molecule has 1 saturated carbocycles. The first kappa shape index (κ1) is 14.5. The second-order valence-electron chi connectivity index (χ2n) is 6.25. The van der Waals surface area contributed by atoms with Crippen LogP contribution in [-0.2, 0) is 0 Å². The summed E-state index contributed by atoms with van der Waals surface area (Å²) < 4.78 is 0. The number of hydrogen-bond acceptors (Lipinski definition) is 2. The van der Waals surface area contributed by atoms with Crippen LogP contribution in [0.1, 0.15) is 48.5 Å². The van der Waals surface area contributed by atoms with Crippen molar-refractivity contribution in [2.24, 2.45) is 5.92 Å². The van der Waals surface area contributed by atoms with Crippen LogP contribution in [0.5, 0.6) is 0 Å². The van der Waals surface area contributed by atoms with Gasteiger partial charge >= 0.3 is 0 Å². The molecule has 0 radical (unpaired) electrons. The fourth-order valence-corrected chi connectivity index (χ4v) is 3.22. The molecule has 1 unspecified atom stereocenters. The van der Waals surface area contributed by atoms with E-state index in [9.17, 15) is 5.11 Å². The van der Waals surface area contributed by atoms with E-state index in [-0.39, 0.29) is 6.10 Å². The molecule has 0 aromatic heterocycles. The SMILES string of the molecule is Cc1ccc(C)c(C(O)CN(C)CC2CCCC2)c1. The highest BCUT2D eigenvalue weighted by Crippen LogP contribution is 2.26. The van der Waals surface area contributed by atoms with Gasteiger partial charge in [-0.15, -0.1) is 0 Å². The van der Waals surface area contributed by atoms with Crippen molar-refractivity contribution in [1.82, 2.24) is 4.90 Å². The summed E-state index contributed by atoms with van der Waals surface area (Å²) >= 11 is 0. The summed E-state index contributed by atoms with van der Waals surface area (Å²) in [6.45, 7) is 6.02. The number of aryl methyl sites for hydroxylation is 2. The Labute approximate surface area is 117 Å². The third-order valence-electron chi connectivity index (χ3n) is 4.32. The van der Waals surface area contributed by atoms with E-state index in [1.54, 1.807) is 0 Å². The first-order valence-corrected chi connectivity index (χ1v) is 7.50. The van der Waals surface area contributed by atoms with Crippen molar-refractivity contribution < 1.29 is 5.11 Å². The number of aliphatic hydroxyl groups excluding tert-OH is 1. The summed E-state index contributed by atoms with van der Waals surface area (Å²) in [7, 11) is 2.13. The van der Waals surface area contributed by atoms with Gasteiger partial charge in [-0.3, -0.25) is 0 Å². The highest BCUT2D eigenvalue weighted by Gasteiger charge is 2.19. The predicted molar refractivity (Wildman–Crippen MR) is 80.3 cm³/mol. The first-order chi connectivity index (χ1) is 9.06. The maximum absolute atomic E-state index is 10.4. The maximum atomic E-state index is 10.4. The minimum absolute atomic E-state index is 0.369.